The number of hydrogen-bond donors (Lipinski definition) is 1. The Morgan fingerprint density at radius 3 is 2.82 bits per heavy atom. The van der Waals surface area contributed by atoms with Crippen LogP contribution >= 0.6 is 11.8 Å². The van der Waals surface area contributed by atoms with Gasteiger partial charge in [-0.1, -0.05) is 12.1 Å². The lowest BCUT2D eigenvalue weighted by atomic mass is 10.1. The number of likely N-dealkylation sites (tertiary alicyclic amines) is 1. The fourth-order valence-corrected chi connectivity index (χ4v) is 4.40. The van der Waals surface area contributed by atoms with Crippen LogP contribution in [0, 0.1) is 10.1 Å². The van der Waals surface area contributed by atoms with E-state index in [2.05, 4.69) is 15.5 Å². The van der Waals surface area contributed by atoms with Gasteiger partial charge in [0.2, 0.25) is 5.91 Å². The number of aromatic nitrogens is 3. The first kappa shape index (κ1) is 22.5. The number of aryl methyl sites for hydroxylation is 1. The predicted octanol–water partition coefficient (Wildman–Crippen LogP) is 3.64. The summed E-state index contributed by atoms with van der Waals surface area (Å²) in [5.74, 6) is -0.318. The summed E-state index contributed by atoms with van der Waals surface area (Å²) >= 11 is 1.10. The number of nitro benzene ring substituents is 1. The molecule has 1 aliphatic rings. The highest BCUT2D eigenvalue weighted by Gasteiger charge is 2.21. The molecule has 1 N–H and O–H groups in total. The van der Waals surface area contributed by atoms with E-state index >= 15 is 0 Å². The zero-order valence-corrected chi connectivity index (χ0v) is 18.7. The van der Waals surface area contributed by atoms with E-state index in [1.807, 2.05) is 23.1 Å². The van der Waals surface area contributed by atoms with Crippen molar-refractivity contribution in [1.82, 2.24) is 19.7 Å². The van der Waals surface area contributed by atoms with Crippen molar-refractivity contribution in [1.29, 1.82) is 0 Å². The number of hydrogen-bond acceptors (Lipinski definition) is 7. The molecule has 2 amide bonds. The molecule has 2 aromatic carbocycles. The Kier molecular flexibility index (Phi) is 6.68. The Bertz CT molecular complexity index is 1210. The molecule has 11 heteroatoms. The van der Waals surface area contributed by atoms with E-state index in [1.165, 1.54) is 24.5 Å². The summed E-state index contributed by atoms with van der Waals surface area (Å²) < 4.78 is 1.65. The predicted molar refractivity (Wildman–Crippen MR) is 122 cm³/mol. The number of amides is 2. The fourth-order valence-electron chi connectivity index (χ4n) is 3.55. The van der Waals surface area contributed by atoms with Gasteiger partial charge in [0, 0.05) is 43.9 Å². The van der Waals surface area contributed by atoms with Crippen LogP contribution in [-0.4, -0.2) is 42.9 Å². The van der Waals surface area contributed by atoms with Gasteiger partial charge in [-0.2, -0.15) is 0 Å². The van der Waals surface area contributed by atoms with Crippen LogP contribution in [0.1, 0.15) is 35.2 Å². The molecule has 0 unspecified atom stereocenters. The van der Waals surface area contributed by atoms with E-state index in [4.69, 9.17) is 0 Å². The van der Waals surface area contributed by atoms with Crippen molar-refractivity contribution in [3.8, 4) is 0 Å². The number of carbonyl (C=O) groups is 2. The largest absolute Gasteiger partial charge is 0.338 e. The average Bonchev–Trinajstić information content (AvgIpc) is 3.20. The molecule has 0 aliphatic carbocycles. The minimum Gasteiger partial charge on any atom is -0.338 e. The maximum Gasteiger partial charge on any atom is 0.284 e. The lowest BCUT2D eigenvalue weighted by Gasteiger charge is -2.26. The maximum absolute atomic E-state index is 12.8. The van der Waals surface area contributed by atoms with Gasteiger partial charge in [-0.05, 0) is 54.4 Å². The summed E-state index contributed by atoms with van der Waals surface area (Å²) in [4.78, 5) is 38.1. The van der Waals surface area contributed by atoms with Gasteiger partial charge in [0.05, 0.1) is 9.82 Å². The van der Waals surface area contributed by atoms with E-state index in [0.29, 0.717) is 28.7 Å². The van der Waals surface area contributed by atoms with Crippen molar-refractivity contribution in [2.75, 3.05) is 11.9 Å². The first-order valence-electron chi connectivity index (χ1n) is 10.4. The number of nitro groups is 1. The third-order valence-electron chi connectivity index (χ3n) is 5.27. The van der Waals surface area contributed by atoms with E-state index in [-0.39, 0.29) is 17.2 Å². The molecular formula is C22H22N6O4S. The molecule has 10 nitrogen and oxygen atoms in total. The Morgan fingerprint density at radius 1 is 1.24 bits per heavy atom. The highest BCUT2D eigenvalue weighted by molar-refractivity contribution is 7.99. The smallest absolute Gasteiger partial charge is 0.284 e. The number of rotatable bonds is 7. The number of benzene rings is 2. The molecule has 1 aliphatic heterocycles. The van der Waals surface area contributed by atoms with Gasteiger partial charge in [-0.3, -0.25) is 19.7 Å². The molecule has 1 saturated heterocycles. The van der Waals surface area contributed by atoms with Crippen LogP contribution in [0.2, 0.25) is 0 Å². The minimum atomic E-state index is -0.522. The number of nitrogens with one attached hydrogen (secondary N) is 1. The zero-order chi connectivity index (χ0) is 23.4. The second kappa shape index (κ2) is 9.82. The van der Waals surface area contributed by atoms with Crippen LogP contribution in [0.25, 0.3) is 0 Å². The van der Waals surface area contributed by atoms with E-state index in [1.54, 1.807) is 17.7 Å². The molecule has 1 fully saturated rings. The lowest BCUT2D eigenvalue weighted by molar-refractivity contribution is -0.387. The molecule has 4 rings (SSSR count). The summed E-state index contributed by atoms with van der Waals surface area (Å²) in [5, 5.41) is 22.6. The fraction of sp³-hybridized carbons (Fsp3) is 0.273. The maximum atomic E-state index is 12.8. The molecular weight excluding hydrogens is 444 g/mol. The molecule has 170 valence electrons. The summed E-state index contributed by atoms with van der Waals surface area (Å²) in [6, 6.07) is 11.6. The summed E-state index contributed by atoms with van der Waals surface area (Å²) in [6.45, 7) is 1.22. The van der Waals surface area contributed by atoms with Crippen LogP contribution < -0.4 is 5.32 Å². The van der Waals surface area contributed by atoms with E-state index in [9.17, 15) is 19.7 Å². The SMILES string of the molecule is Cn1cnnc1Sc1ccc(C(=O)Nc2cccc(CN3CCCCC3=O)c2)cc1[N+](=O)[O-]. The van der Waals surface area contributed by atoms with Crippen molar-refractivity contribution in [3.05, 3.63) is 70.0 Å². The van der Waals surface area contributed by atoms with Crippen LogP contribution in [0.4, 0.5) is 11.4 Å². The van der Waals surface area contributed by atoms with Gasteiger partial charge in [0.15, 0.2) is 5.16 Å². The summed E-state index contributed by atoms with van der Waals surface area (Å²) in [7, 11) is 1.74. The molecule has 0 atom stereocenters. The number of carbonyl (C=O) groups excluding carboxylic acids is 2. The highest BCUT2D eigenvalue weighted by atomic mass is 32.2. The first-order valence-corrected chi connectivity index (χ1v) is 11.2. The van der Waals surface area contributed by atoms with Crippen LogP contribution in [0.15, 0.2) is 58.8 Å². The minimum absolute atomic E-state index is 0.141. The van der Waals surface area contributed by atoms with Crippen LogP contribution in [-0.2, 0) is 18.4 Å². The van der Waals surface area contributed by atoms with Crippen LogP contribution in [0.3, 0.4) is 0 Å². The third kappa shape index (κ3) is 5.37. The zero-order valence-electron chi connectivity index (χ0n) is 17.9. The average molecular weight is 467 g/mol. The molecule has 3 aromatic rings. The molecule has 0 saturated carbocycles. The highest BCUT2D eigenvalue weighted by Crippen LogP contribution is 2.34. The molecule has 0 bridgehead atoms. The van der Waals surface area contributed by atoms with Crippen molar-refractivity contribution >= 4 is 35.0 Å². The molecule has 0 radical (unpaired) electrons. The van der Waals surface area contributed by atoms with Gasteiger partial charge < -0.3 is 14.8 Å². The number of nitrogens with zero attached hydrogens (tertiary/aromatic N) is 5. The van der Waals surface area contributed by atoms with Crippen LogP contribution in [0.5, 0.6) is 0 Å². The summed E-state index contributed by atoms with van der Waals surface area (Å²) in [6.07, 6.45) is 3.99. The van der Waals surface area contributed by atoms with Gasteiger partial charge in [-0.25, -0.2) is 0 Å². The van der Waals surface area contributed by atoms with Gasteiger partial charge in [0.25, 0.3) is 11.6 Å². The molecule has 33 heavy (non-hydrogen) atoms. The van der Waals surface area contributed by atoms with Gasteiger partial charge in [-0.15, -0.1) is 10.2 Å². The molecule has 1 aromatic heterocycles. The molecule has 2 heterocycles. The summed E-state index contributed by atoms with van der Waals surface area (Å²) in [5.41, 5.74) is 1.44. The standard InChI is InChI=1S/C22H22N6O4S/c1-26-14-23-25-22(26)33-19-9-8-16(12-18(19)28(31)32)21(30)24-17-6-4-5-15(11-17)13-27-10-3-2-7-20(27)29/h4-6,8-9,11-12,14H,2-3,7,10,13H2,1H3,(H,24,30). The lowest BCUT2D eigenvalue weighted by Crippen LogP contribution is -2.34. The van der Waals surface area contributed by atoms with E-state index < -0.39 is 10.8 Å². The topological polar surface area (TPSA) is 123 Å². The first-order chi connectivity index (χ1) is 15.9. The second-order valence-corrected chi connectivity index (χ2v) is 8.70. The van der Waals surface area contributed by atoms with Crippen molar-refractivity contribution in [3.63, 3.8) is 0 Å². The Morgan fingerprint density at radius 2 is 2.09 bits per heavy atom. The number of anilines is 1. The van der Waals surface area contributed by atoms with Gasteiger partial charge in [0.1, 0.15) is 6.33 Å². The number of piperidine rings is 1. The third-order valence-corrected chi connectivity index (χ3v) is 6.39. The van der Waals surface area contributed by atoms with Crippen molar-refractivity contribution in [2.45, 2.75) is 35.9 Å². The quantitative estimate of drug-likeness (QED) is 0.416. The normalized spacial score (nSPS) is 13.7. The Hall–Kier alpha value is -3.73. The van der Waals surface area contributed by atoms with Gasteiger partial charge >= 0.3 is 0 Å². The van der Waals surface area contributed by atoms with E-state index in [0.717, 1.165) is 36.7 Å². The Labute approximate surface area is 194 Å². The Balaban J connectivity index is 1.49. The second-order valence-electron chi connectivity index (χ2n) is 7.69. The monoisotopic (exact) mass is 466 g/mol. The van der Waals surface area contributed by atoms with Crippen molar-refractivity contribution in [2.24, 2.45) is 7.05 Å². The van der Waals surface area contributed by atoms with Crippen molar-refractivity contribution < 1.29 is 14.5 Å². The molecule has 0 spiro atoms.